The number of hydrogen-bond acceptors (Lipinski definition) is 4. The first-order chi connectivity index (χ1) is 9.81. The van der Waals surface area contributed by atoms with Crippen molar-refractivity contribution in [1.29, 1.82) is 0 Å². The van der Waals surface area contributed by atoms with Crippen LogP contribution in [-0.2, 0) is 10.4 Å². The van der Waals surface area contributed by atoms with Crippen LogP contribution in [0, 0.1) is 13.8 Å². The van der Waals surface area contributed by atoms with Gasteiger partial charge in [0.15, 0.2) is 0 Å². The van der Waals surface area contributed by atoms with E-state index in [9.17, 15) is 9.90 Å². The molecule has 2 aromatic heterocycles. The zero-order valence-corrected chi connectivity index (χ0v) is 12.8. The Labute approximate surface area is 123 Å². The molecule has 21 heavy (non-hydrogen) atoms. The monoisotopic (exact) mass is 291 g/mol. The summed E-state index contributed by atoms with van der Waals surface area (Å²) in [4.78, 5) is 12.2. The maximum atomic E-state index is 12.2. The van der Waals surface area contributed by atoms with Crippen LogP contribution in [0.3, 0.4) is 0 Å². The van der Waals surface area contributed by atoms with Gasteiger partial charge in [0.1, 0.15) is 17.4 Å². The fraction of sp³-hybridized carbons (Fsp3) is 0.467. The maximum Gasteiger partial charge on any atom is 0.244 e. The number of aliphatic hydroxyl groups is 1. The number of rotatable bonds is 5. The molecule has 0 saturated carbocycles. The summed E-state index contributed by atoms with van der Waals surface area (Å²) >= 11 is 0. The number of hydrogen-bond donors (Lipinski definition) is 2. The van der Waals surface area contributed by atoms with Gasteiger partial charge in [-0.2, -0.15) is 5.10 Å². The highest BCUT2D eigenvalue weighted by Gasteiger charge is 2.28. The molecule has 0 saturated heterocycles. The molecule has 0 fully saturated rings. The molecule has 0 aromatic carbocycles. The number of nitrogens with zero attached hydrogens (tertiary/aromatic N) is 2. The van der Waals surface area contributed by atoms with Crippen LogP contribution in [0.25, 0.3) is 0 Å². The SMILES string of the molecule is Cc1cc(C)n(C(C)C(=O)NCC(C)(O)c2ccco2)n1. The van der Waals surface area contributed by atoms with Crippen LogP contribution >= 0.6 is 0 Å². The lowest BCUT2D eigenvalue weighted by Crippen LogP contribution is -2.41. The molecular weight excluding hydrogens is 270 g/mol. The molecule has 0 aliphatic rings. The second kappa shape index (κ2) is 5.73. The zero-order valence-electron chi connectivity index (χ0n) is 12.8. The average Bonchev–Trinajstić information content (AvgIpc) is 3.05. The number of nitrogens with one attached hydrogen (secondary N) is 1. The van der Waals surface area contributed by atoms with Gasteiger partial charge in [-0.25, -0.2) is 0 Å². The minimum absolute atomic E-state index is 0.0724. The molecule has 0 spiro atoms. The maximum absolute atomic E-state index is 12.2. The van der Waals surface area contributed by atoms with Gasteiger partial charge >= 0.3 is 0 Å². The van der Waals surface area contributed by atoms with Crippen LogP contribution in [0.4, 0.5) is 0 Å². The Morgan fingerprint density at radius 1 is 1.57 bits per heavy atom. The number of furan rings is 1. The Bertz CT molecular complexity index is 614. The molecule has 2 heterocycles. The van der Waals surface area contributed by atoms with E-state index < -0.39 is 11.6 Å². The number of amides is 1. The van der Waals surface area contributed by atoms with Gasteiger partial charge in [0.2, 0.25) is 5.91 Å². The van der Waals surface area contributed by atoms with Crippen molar-refractivity contribution in [3.8, 4) is 0 Å². The largest absolute Gasteiger partial charge is 0.466 e. The fourth-order valence-corrected chi connectivity index (χ4v) is 2.23. The van der Waals surface area contributed by atoms with E-state index in [1.807, 2.05) is 19.9 Å². The molecular formula is C15H21N3O3. The van der Waals surface area contributed by atoms with E-state index in [2.05, 4.69) is 10.4 Å². The van der Waals surface area contributed by atoms with Gasteiger partial charge in [0, 0.05) is 5.69 Å². The highest BCUT2D eigenvalue weighted by molar-refractivity contribution is 5.79. The van der Waals surface area contributed by atoms with E-state index in [0.717, 1.165) is 11.4 Å². The van der Waals surface area contributed by atoms with Crippen LogP contribution in [0.15, 0.2) is 28.9 Å². The summed E-state index contributed by atoms with van der Waals surface area (Å²) in [6.07, 6.45) is 1.49. The van der Waals surface area contributed by atoms with Crippen LogP contribution in [0.1, 0.15) is 37.0 Å². The normalized spacial score (nSPS) is 15.5. The fourth-order valence-electron chi connectivity index (χ4n) is 2.23. The summed E-state index contributed by atoms with van der Waals surface area (Å²) in [6.45, 7) is 7.23. The van der Waals surface area contributed by atoms with Crippen molar-refractivity contribution in [3.05, 3.63) is 41.6 Å². The van der Waals surface area contributed by atoms with Gasteiger partial charge in [0.05, 0.1) is 18.5 Å². The summed E-state index contributed by atoms with van der Waals surface area (Å²) in [6, 6.07) is 4.86. The molecule has 0 aliphatic heterocycles. The predicted molar refractivity (Wildman–Crippen MR) is 77.7 cm³/mol. The predicted octanol–water partition coefficient (Wildman–Crippen LogP) is 1.68. The zero-order chi connectivity index (χ0) is 15.6. The quantitative estimate of drug-likeness (QED) is 0.878. The second-order valence-electron chi connectivity index (χ2n) is 5.52. The van der Waals surface area contributed by atoms with Gasteiger partial charge < -0.3 is 14.8 Å². The van der Waals surface area contributed by atoms with Crippen molar-refractivity contribution in [3.63, 3.8) is 0 Å². The van der Waals surface area contributed by atoms with Gasteiger partial charge in [0.25, 0.3) is 0 Å². The van der Waals surface area contributed by atoms with Gasteiger partial charge in [-0.05, 0) is 45.9 Å². The topological polar surface area (TPSA) is 80.3 Å². The molecule has 0 aliphatic carbocycles. The van der Waals surface area contributed by atoms with Crippen molar-refractivity contribution in [2.75, 3.05) is 6.54 Å². The summed E-state index contributed by atoms with van der Waals surface area (Å²) in [5, 5.41) is 17.3. The van der Waals surface area contributed by atoms with Crippen LogP contribution in [0.5, 0.6) is 0 Å². The Morgan fingerprint density at radius 3 is 2.81 bits per heavy atom. The van der Waals surface area contributed by atoms with Crippen molar-refractivity contribution in [2.24, 2.45) is 0 Å². The number of aryl methyl sites for hydroxylation is 2. The first-order valence-electron chi connectivity index (χ1n) is 6.88. The molecule has 0 radical (unpaired) electrons. The lowest BCUT2D eigenvalue weighted by atomic mass is 10.0. The van der Waals surface area contributed by atoms with Crippen molar-refractivity contribution < 1.29 is 14.3 Å². The van der Waals surface area contributed by atoms with Crippen molar-refractivity contribution >= 4 is 5.91 Å². The Kier molecular flexibility index (Phi) is 4.18. The van der Waals surface area contributed by atoms with Crippen LogP contribution in [0.2, 0.25) is 0 Å². The minimum atomic E-state index is -1.24. The number of carbonyl (C=O) groups is 1. The van der Waals surface area contributed by atoms with E-state index in [-0.39, 0.29) is 12.5 Å². The van der Waals surface area contributed by atoms with Crippen molar-refractivity contribution in [1.82, 2.24) is 15.1 Å². The molecule has 2 aromatic rings. The molecule has 114 valence electrons. The first kappa shape index (κ1) is 15.3. The number of carbonyl (C=O) groups excluding carboxylic acids is 1. The Morgan fingerprint density at radius 2 is 2.29 bits per heavy atom. The summed E-state index contributed by atoms with van der Waals surface area (Å²) < 4.78 is 6.85. The summed E-state index contributed by atoms with van der Waals surface area (Å²) in [7, 11) is 0. The third kappa shape index (κ3) is 3.33. The van der Waals surface area contributed by atoms with E-state index in [0.29, 0.717) is 5.76 Å². The second-order valence-corrected chi connectivity index (χ2v) is 5.52. The molecule has 2 unspecified atom stereocenters. The van der Waals surface area contributed by atoms with Crippen molar-refractivity contribution in [2.45, 2.75) is 39.3 Å². The van der Waals surface area contributed by atoms with Gasteiger partial charge in [-0.15, -0.1) is 0 Å². The van der Waals surface area contributed by atoms with E-state index in [4.69, 9.17) is 4.42 Å². The van der Waals surface area contributed by atoms with Crippen LogP contribution < -0.4 is 5.32 Å². The average molecular weight is 291 g/mol. The molecule has 2 rings (SSSR count). The van der Waals surface area contributed by atoms with Gasteiger partial charge in [-0.1, -0.05) is 0 Å². The minimum Gasteiger partial charge on any atom is -0.466 e. The summed E-state index contributed by atoms with van der Waals surface area (Å²) in [5.41, 5.74) is 0.552. The smallest absolute Gasteiger partial charge is 0.244 e. The summed E-state index contributed by atoms with van der Waals surface area (Å²) in [5.74, 6) is 0.217. The molecule has 2 atom stereocenters. The molecule has 1 amide bonds. The Hall–Kier alpha value is -2.08. The Balaban J connectivity index is 2.00. The molecule has 2 N–H and O–H groups in total. The lowest BCUT2D eigenvalue weighted by Gasteiger charge is -2.22. The third-order valence-corrected chi connectivity index (χ3v) is 3.45. The number of aromatic nitrogens is 2. The molecule has 6 heteroatoms. The molecule has 0 bridgehead atoms. The standard InChI is InChI=1S/C15H21N3O3/c1-10-8-11(2)18(17-10)12(3)14(19)16-9-15(4,20)13-6-5-7-21-13/h5-8,12,20H,9H2,1-4H3,(H,16,19). The van der Waals surface area contributed by atoms with E-state index >= 15 is 0 Å². The van der Waals surface area contributed by atoms with E-state index in [1.54, 1.807) is 30.7 Å². The highest BCUT2D eigenvalue weighted by atomic mass is 16.4. The highest BCUT2D eigenvalue weighted by Crippen LogP contribution is 2.20. The third-order valence-electron chi connectivity index (χ3n) is 3.45. The lowest BCUT2D eigenvalue weighted by molar-refractivity contribution is -0.125. The van der Waals surface area contributed by atoms with E-state index in [1.165, 1.54) is 6.26 Å². The van der Waals surface area contributed by atoms with Crippen LogP contribution in [-0.4, -0.2) is 27.3 Å². The first-order valence-corrected chi connectivity index (χ1v) is 6.88. The molecule has 6 nitrogen and oxygen atoms in total. The van der Waals surface area contributed by atoms with Gasteiger partial charge in [-0.3, -0.25) is 9.48 Å².